The molecule has 0 saturated carbocycles. The molecule has 1 saturated heterocycles. The lowest BCUT2D eigenvalue weighted by atomic mass is 9.84. The van der Waals surface area contributed by atoms with Crippen LogP contribution in [0.15, 0.2) is 93.7 Å². The van der Waals surface area contributed by atoms with Crippen LogP contribution in [0, 0.1) is 0 Å². The van der Waals surface area contributed by atoms with Gasteiger partial charge in [-0.25, -0.2) is 14.2 Å². The summed E-state index contributed by atoms with van der Waals surface area (Å²) in [6.07, 6.45) is 2.07. The van der Waals surface area contributed by atoms with Crippen molar-refractivity contribution < 1.29 is 4.74 Å². The third-order valence-electron chi connectivity index (χ3n) is 8.23. The first-order valence-electron chi connectivity index (χ1n) is 13.7. The second kappa shape index (κ2) is 10.4. The minimum absolute atomic E-state index is 0.245. The predicted octanol–water partition coefficient (Wildman–Crippen LogP) is 7.40. The predicted molar refractivity (Wildman–Crippen MR) is 168 cm³/mol. The first kappa shape index (κ1) is 27.1. The average Bonchev–Trinajstić information content (AvgIpc) is 3.41. The van der Waals surface area contributed by atoms with E-state index in [1.165, 1.54) is 16.9 Å². The van der Waals surface area contributed by atoms with Gasteiger partial charge >= 0.3 is 0 Å². The number of rotatable bonds is 4. The lowest BCUT2D eigenvalue weighted by Gasteiger charge is -2.44. The van der Waals surface area contributed by atoms with E-state index in [2.05, 4.69) is 102 Å². The van der Waals surface area contributed by atoms with Gasteiger partial charge in [-0.05, 0) is 49.0 Å². The number of methoxy groups -OCH3 is 1. The number of hydrogen-bond acceptors (Lipinski definition) is 5. The molecule has 9 heteroatoms. The molecule has 40 heavy (non-hydrogen) atoms. The summed E-state index contributed by atoms with van der Waals surface area (Å²) in [7, 11) is 3.32. The van der Waals surface area contributed by atoms with Gasteiger partial charge in [-0.3, -0.25) is 0 Å². The fourth-order valence-corrected chi connectivity index (χ4v) is 10.2. The van der Waals surface area contributed by atoms with Gasteiger partial charge in [0.15, 0.2) is 7.36 Å². The quantitative estimate of drug-likeness (QED) is 0.304. The van der Waals surface area contributed by atoms with E-state index in [0.717, 1.165) is 42.9 Å². The number of fused-ring (bicyclic) bond motifs is 1. The molecule has 1 fully saturated rings. The molecule has 0 bridgehead atoms. The molecule has 1 unspecified atom stereocenters. The number of likely N-dealkylation sites (N-methyl/N-ethyl adjacent to an activating group) is 2. The Labute approximate surface area is 242 Å². The lowest BCUT2D eigenvalue weighted by molar-refractivity contribution is 0.227. The van der Waals surface area contributed by atoms with Crippen LogP contribution >= 0.6 is 19.0 Å². The van der Waals surface area contributed by atoms with E-state index < -0.39 is 7.36 Å². The number of halogens is 1. The highest BCUT2D eigenvalue weighted by Gasteiger charge is 2.50. The van der Waals surface area contributed by atoms with Gasteiger partial charge in [-0.2, -0.15) is 5.10 Å². The summed E-state index contributed by atoms with van der Waals surface area (Å²) in [4.78, 5) is 4.73. The summed E-state index contributed by atoms with van der Waals surface area (Å²) in [6, 6.07) is 24.8. The summed E-state index contributed by atoms with van der Waals surface area (Å²) >= 11 is 6.57. The molecule has 7 nitrogen and oxygen atoms in total. The van der Waals surface area contributed by atoms with Crippen molar-refractivity contribution in [1.29, 1.82) is 0 Å². The Hall–Kier alpha value is -3.09. The molecule has 0 spiro atoms. The van der Waals surface area contributed by atoms with E-state index in [1.807, 2.05) is 24.3 Å². The smallest absolute Gasteiger partial charge is 0.180 e. The van der Waals surface area contributed by atoms with Crippen LogP contribution in [0.2, 0.25) is 5.02 Å². The Morgan fingerprint density at radius 2 is 1.62 bits per heavy atom. The number of piperazine rings is 1. The molecule has 0 N–H and O–H groups in total. The fourth-order valence-electron chi connectivity index (χ4n) is 6.20. The summed E-state index contributed by atoms with van der Waals surface area (Å²) in [5, 5.41) is 6.95. The standard InChI is InChI=1S/C31H36ClN6OP/c1-31(2)25-13-9-10-14-27(25)36(4)30(31)29-22-33-38(24-11-7-6-8-12-24)40(29,37-19-17-35(3)18-20-37)34-26-21-23(32)15-16-28(26)39-5/h6-16,21-22H,17-20H2,1-5H3. The zero-order chi connectivity index (χ0) is 28.1. The summed E-state index contributed by atoms with van der Waals surface area (Å²) in [5.41, 5.74) is 5.27. The highest BCUT2D eigenvalue weighted by molar-refractivity contribution is 7.71. The van der Waals surface area contributed by atoms with Crippen LogP contribution in [0.1, 0.15) is 19.4 Å². The van der Waals surface area contributed by atoms with Gasteiger partial charge in [0.05, 0.1) is 24.3 Å². The van der Waals surface area contributed by atoms with Crippen LogP contribution in [0.3, 0.4) is 0 Å². The molecule has 3 aromatic rings. The zero-order valence-corrected chi connectivity index (χ0v) is 25.4. The Bertz CT molecular complexity index is 1540. The minimum atomic E-state index is -2.73. The van der Waals surface area contributed by atoms with Crippen molar-refractivity contribution in [2.75, 3.05) is 57.1 Å². The van der Waals surface area contributed by atoms with Crippen LogP contribution in [0.5, 0.6) is 5.75 Å². The second-order valence-corrected chi connectivity index (χ2v) is 14.2. The number of allylic oxidation sites excluding steroid dienone is 2. The molecule has 3 heterocycles. The number of hydrazone groups is 1. The fraction of sp³-hybridized carbons (Fsp3) is 0.323. The van der Waals surface area contributed by atoms with Crippen molar-refractivity contribution >= 4 is 42.2 Å². The second-order valence-electron chi connectivity index (χ2n) is 11.0. The third kappa shape index (κ3) is 4.27. The first-order chi connectivity index (χ1) is 19.3. The van der Waals surface area contributed by atoms with Gasteiger partial charge in [0.2, 0.25) is 0 Å². The number of para-hydroxylation sites is 2. The highest BCUT2D eigenvalue weighted by Crippen LogP contribution is 2.71. The number of hydrogen-bond donors (Lipinski definition) is 0. The van der Waals surface area contributed by atoms with E-state index in [9.17, 15) is 0 Å². The van der Waals surface area contributed by atoms with Crippen molar-refractivity contribution in [3.05, 3.63) is 94.4 Å². The van der Waals surface area contributed by atoms with Crippen LogP contribution < -0.4 is 14.4 Å². The number of nitrogens with zero attached hydrogens (tertiary/aromatic N) is 6. The highest BCUT2D eigenvalue weighted by atomic mass is 35.5. The number of benzene rings is 3. The van der Waals surface area contributed by atoms with E-state index in [4.69, 9.17) is 26.2 Å². The molecule has 0 aromatic heterocycles. The molecule has 3 aliphatic rings. The van der Waals surface area contributed by atoms with Crippen LogP contribution in [0.4, 0.5) is 17.1 Å². The van der Waals surface area contributed by atoms with E-state index in [-0.39, 0.29) is 5.41 Å². The molecule has 3 aliphatic heterocycles. The van der Waals surface area contributed by atoms with Crippen molar-refractivity contribution in [3.8, 4) is 5.75 Å². The summed E-state index contributed by atoms with van der Waals surface area (Å²) < 4.78 is 16.3. The lowest BCUT2D eigenvalue weighted by Crippen LogP contribution is -2.44. The topological polar surface area (TPSA) is 46.9 Å². The molecule has 208 valence electrons. The third-order valence-corrected chi connectivity index (χ3v) is 12.0. The maximum absolute atomic E-state index is 6.57. The van der Waals surface area contributed by atoms with Crippen LogP contribution in [-0.2, 0) is 5.41 Å². The minimum Gasteiger partial charge on any atom is -0.494 e. The Balaban J connectivity index is 1.71. The number of ether oxygens (including phenoxy) is 1. The maximum atomic E-state index is 6.57. The largest absolute Gasteiger partial charge is 0.494 e. The first-order valence-corrected chi connectivity index (χ1v) is 15.7. The maximum Gasteiger partial charge on any atom is 0.180 e. The SMILES string of the molecule is COc1ccc(Cl)cc1N=P1(N2CCN(C)CC2)C(=C2N(C)c3ccccc3C2(C)C)C=NN1c1ccccc1. The van der Waals surface area contributed by atoms with E-state index >= 15 is 0 Å². The van der Waals surface area contributed by atoms with Crippen molar-refractivity contribution in [1.82, 2.24) is 9.57 Å². The van der Waals surface area contributed by atoms with Gasteiger partial charge < -0.3 is 14.5 Å². The molecule has 6 rings (SSSR count). The van der Waals surface area contributed by atoms with Crippen molar-refractivity contribution in [2.45, 2.75) is 19.3 Å². The van der Waals surface area contributed by atoms with Gasteiger partial charge in [0.25, 0.3) is 0 Å². The van der Waals surface area contributed by atoms with Gasteiger partial charge in [-0.1, -0.05) is 61.8 Å². The van der Waals surface area contributed by atoms with Gasteiger partial charge in [0.1, 0.15) is 11.4 Å². The van der Waals surface area contributed by atoms with Gasteiger partial charge in [-0.15, -0.1) is 0 Å². The van der Waals surface area contributed by atoms with Crippen LogP contribution in [-0.4, -0.2) is 63.2 Å². The normalized spacial score (nSPS) is 24.4. The molecular formula is C31H36ClN6OP. The molecule has 1 atom stereocenters. The zero-order valence-electron chi connectivity index (χ0n) is 23.8. The number of anilines is 2. The van der Waals surface area contributed by atoms with Crippen molar-refractivity contribution in [3.63, 3.8) is 0 Å². The Morgan fingerprint density at radius 3 is 2.33 bits per heavy atom. The molecule has 3 aromatic carbocycles. The van der Waals surface area contributed by atoms with Crippen molar-refractivity contribution in [2.24, 2.45) is 9.85 Å². The molecular weight excluding hydrogens is 539 g/mol. The molecule has 0 aliphatic carbocycles. The van der Waals surface area contributed by atoms with Crippen LogP contribution in [0.25, 0.3) is 0 Å². The summed E-state index contributed by atoms with van der Waals surface area (Å²) in [6.45, 7) is 8.28. The monoisotopic (exact) mass is 574 g/mol. The molecule has 0 radical (unpaired) electrons. The Kier molecular flexibility index (Phi) is 7.04. The van der Waals surface area contributed by atoms with E-state index in [1.54, 1.807) is 7.11 Å². The molecule has 0 amide bonds. The average molecular weight is 575 g/mol. The van der Waals surface area contributed by atoms with Gasteiger partial charge in [0, 0.05) is 55.0 Å². The summed E-state index contributed by atoms with van der Waals surface area (Å²) in [5.74, 6) is 0.699. The Morgan fingerprint density at radius 1 is 0.925 bits per heavy atom. The van der Waals surface area contributed by atoms with E-state index in [0.29, 0.717) is 10.8 Å².